The lowest BCUT2D eigenvalue weighted by Gasteiger charge is -2.23. The zero-order valence-electron chi connectivity index (χ0n) is 15.0. The molecule has 0 radical (unpaired) electrons. The molecule has 0 spiro atoms. The van der Waals surface area contributed by atoms with Crippen LogP contribution in [0.2, 0.25) is 0 Å². The van der Waals surface area contributed by atoms with Crippen molar-refractivity contribution in [3.63, 3.8) is 0 Å². The van der Waals surface area contributed by atoms with E-state index in [1.165, 1.54) is 16.8 Å². The number of aryl methyl sites for hydroxylation is 2. The molecule has 1 aliphatic rings. The highest BCUT2D eigenvalue weighted by atomic mass is 16.5. The molecule has 0 aliphatic carbocycles. The van der Waals surface area contributed by atoms with Crippen molar-refractivity contribution in [3.05, 3.63) is 46.8 Å². The summed E-state index contributed by atoms with van der Waals surface area (Å²) in [6.45, 7) is 10.8. The Labute approximate surface area is 143 Å². The third-order valence-corrected chi connectivity index (χ3v) is 4.57. The van der Waals surface area contributed by atoms with Crippen LogP contribution in [0, 0.1) is 13.8 Å². The van der Waals surface area contributed by atoms with E-state index in [-0.39, 0.29) is 5.92 Å². The molecule has 0 amide bonds. The van der Waals surface area contributed by atoms with E-state index in [0.717, 1.165) is 36.9 Å². The Bertz CT molecular complexity index is 715. The van der Waals surface area contributed by atoms with E-state index >= 15 is 0 Å². The van der Waals surface area contributed by atoms with Gasteiger partial charge in [0.25, 0.3) is 0 Å². The van der Waals surface area contributed by atoms with Crippen LogP contribution in [0.4, 0.5) is 5.69 Å². The lowest BCUT2D eigenvalue weighted by Crippen LogP contribution is -2.40. The number of para-hydroxylation sites is 1. The van der Waals surface area contributed by atoms with Crippen LogP contribution in [-0.2, 0) is 6.42 Å². The van der Waals surface area contributed by atoms with Gasteiger partial charge in [0, 0.05) is 36.8 Å². The summed E-state index contributed by atoms with van der Waals surface area (Å²) >= 11 is 0. The minimum absolute atomic E-state index is 0.280. The smallest absolute Gasteiger partial charge is 0.198 e. The number of hydrogen-bond donors (Lipinski definition) is 1. The third kappa shape index (κ3) is 3.16. The van der Waals surface area contributed by atoms with Crippen LogP contribution in [0.5, 0.6) is 0 Å². The largest absolute Gasteiger partial charge is 0.361 e. The Morgan fingerprint density at radius 1 is 1.38 bits per heavy atom. The van der Waals surface area contributed by atoms with Gasteiger partial charge < -0.3 is 14.7 Å². The number of benzene rings is 1. The number of nitrogens with one attached hydrogen (secondary N) is 1. The van der Waals surface area contributed by atoms with Crippen LogP contribution in [0.1, 0.15) is 42.3 Å². The van der Waals surface area contributed by atoms with E-state index in [9.17, 15) is 0 Å². The highest BCUT2D eigenvalue weighted by Gasteiger charge is 2.23. The minimum atomic E-state index is 0.280. The number of fused-ring (bicyclic) bond motifs is 1. The third-order valence-electron chi connectivity index (χ3n) is 4.57. The van der Waals surface area contributed by atoms with Gasteiger partial charge in [-0.05, 0) is 38.8 Å². The molecule has 5 heteroatoms. The SMILES string of the molecule is CCNC(=NCC(C)c1c(C)noc1C)N1CCc2ccccc21. The molecule has 1 aromatic carbocycles. The molecule has 3 rings (SSSR count). The van der Waals surface area contributed by atoms with Crippen molar-refractivity contribution in [1.29, 1.82) is 0 Å². The second-order valence-corrected chi connectivity index (χ2v) is 6.36. The number of nitrogens with zero attached hydrogens (tertiary/aromatic N) is 3. The first-order chi connectivity index (χ1) is 11.6. The Hall–Kier alpha value is -2.30. The van der Waals surface area contributed by atoms with Gasteiger partial charge in [0.15, 0.2) is 5.96 Å². The molecule has 1 atom stereocenters. The average molecular weight is 326 g/mol. The van der Waals surface area contributed by atoms with Crippen molar-refractivity contribution in [2.24, 2.45) is 4.99 Å². The summed E-state index contributed by atoms with van der Waals surface area (Å²) in [5, 5.41) is 7.49. The second-order valence-electron chi connectivity index (χ2n) is 6.36. The number of hydrogen-bond acceptors (Lipinski definition) is 3. The summed E-state index contributed by atoms with van der Waals surface area (Å²) in [5.74, 6) is 2.13. The number of guanidine groups is 1. The van der Waals surface area contributed by atoms with E-state index in [1.807, 2.05) is 13.8 Å². The van der Waals surface area contributed by atoms with Gasteiger partial charge in [0.2, 0.25) is 0 Å². The molecule has 2 aromatic rings. The zero-order chi connectivity index (χ0) is 17.1. The topological polar surface area (TPSA) is 53.7 Å². The molecular formula is C19H26N4O. The van der Waals surface area contributed by atoms with Crippen LogP contribution in [0.25, 0.3) is 0 Å². The Morgan fingerprint density at radius 3 is 2.88 bits per heavy atom. The second kappa shape index (κ2) is 7.07. The van der Waals surface area contributed by atoms with Crippen LogP contribution < -0.4 is 10.2 Å². The first-order valence-corrected chi connectivity index (χ1v) is 8.68. The molecule has 128 valence electrons. The standard InChI is InChI=1S/C19H26N4O/c1-5-20-19(23-11-10-16-8-6-7-9-17(16)23)21-12-13(2)18-14(3)22-24-15(18)4/h6-9,13H,5,10-12H2,1-4H3,(H,20,21). The summed E-state index contributed by atoms with van der Waals surface area (Å²) in [7, 11) is 0. The van der Waals surface area contributed by atoms with Crippen molar-refractivity contribution >= 4 is 11.6 Å². The molecule has 0 saturated heterocycles. The lowest BCUT2D eigenvalue weighted by molar-refractivity contribution is 0.391. The molecular weight excluding hydrogens is 300 g/mol. The van der Waals surface area contributed by atoms with Gasteiger partial charge in [0.1, 0.15) is 5.76 Å². The summed E-state index contributed by atoms with van der Waals surface area (Å²) in [6.07, 6.45) is 1.07. The minimum Gasteiger partial charge on any atom is -0.361 e. The maximum Gasteiger partial charge on any atom is 0.198 e. The van der Waals surface area contributed by atoms with E-state index in [4.69, 9.17) is 9.52 Å². The van der Waals surface area contributed by atoms with Gasteiger partial charge >= 0.3 is 0 Å². The average Bonchev–Trinajstić information content (AvgIpc) is 3.15. The molecule has 1 aliphatic heterocycles. The normalized spacial score (nSPS) is 15.5. The number of rotatable bonds is 4. The van der Waals surface area contributed by atoms with Crippen LogP contribution >= 0.6 is 0 Å². The summed E-state index contributed by atoms with van der Waals surface area (Å²) < 4.78 is 5.29. The van der Waals surface area contributed by atoms with E-state index in [0.29, 0.717) is 6.54 Å². The van der Waals surface area contributed by atoms with Crippen LogP contribution in [0.15, 0.2) is 33.8 Å². The Balaban J connectivity index is 1.80. The van der Waals surface area contributed by atoms with Crippen LogP contribution in [0.3, 0.4) is 0 Å². The Morgan fingerprint density at radius 2 is 2.17 bits per heavy atom. The monoisotopic (exact) mass is 326 g/mol. The molecule has 0 fully saturated rings. The molecule has 1 aromatic heterocycles. The van der Waals surface area contributed by atoms with Gasteiger partial charge in [-0.3, -0.25) is 4.99 Å². The highest BCUT2D eigenvalue weighted by molar-refractivity contribution is 5.98. The molecule has 2 heterocycles. The summed E-state index contributed by atoms with van der Waals surface area (Å²) in [4.78, 5) is 7.19. The molecule has 1 unspecified atom stereocenters. The number of aliphatic imine (C=N–C) groups is 1. The fourth-order valence-corrected chi connectivity index (χ4v) is 3.46. The van der Waals surface area contributed by atoms with Gasteiger partial charge in [-0.15, -0.1) is 0 Å². The van der Waals surface area contributed by atoms with E-state index in [2.05, 4.69) is 53.5 Å². The highest BCUT2D eigenvalue weighted by Crippen LogP contribution is 2.28. The maximum atomic E-state index is 5.29. The molecule has 24 heavy (non-hydrogen) atoms. The maximum absolute atomic E-state index is 5.29. The zero-order valence-corrected chi connectivity index (χ0v) is 15.0. The first kappa shape index (κ1) is 16.6. The summed E-state index contributed by atoms with van der Waals surface area (Å²) in [5.41, 5.74) is 4.80. The van der Waals surface area contributed by atoms with E-state index < -0.39 is 0 Å². The fourth-order valence-electron chi connectivity index (χ4n) is 3.46. The van der Waals surface area contributed by atoms with Crippen molar-refractivity contribution < 1.29 is 4.52 Å². The van der Waals surface area contributed by atoms with Crippen molar-refractivity contribution in [1.82, 2.24) is 10.5 Å². The quantitative estimate of drug-likeness (QED) is 0.691. The molecule has 0 bridgehead atoms. The molecule has 5 nitrogen and oxygen atoms in total. The van der Waals surface area contributed by atoms with Crippen LogP contribution in [-0.4, -0.2) is 30.8 Å². The molecule has 0 saturated carbocycles. The van der Waals surface area contributed by atoms with Gasteiger partial charge in [-0.25, -0.2) is 0 Å². The predicted molar refractivity (Wildman–Crippen MR) is 97.9 cm³/mol. The predicted octanol–water partition coefficient (Wildman–Crippen LogP) is 3.42. The van der Waals surface area contributed by atoms with Gasteiger partial charge in [-0.2, -0.15) is 0 Å². The van der Waals surface area contributed by atoms with E-state index in [1.54, 1.807) is 0 Å². The molecule has 1 N–H and O–H groups in total. The van der Waals surface area contributed by atoms with Gasteiger partial charge in [0.05, 0.1) is 5.69 Å². The Kier molecular flexibility index (Phi) is 4.88. The van der Waals surface area contributed by atoms with Crippen molar-refractivity contribution in [2.45, 2.75) is 40.0 Å². The summed E-state index contributed by atoms with van der Waals surface area (Å²) in [6, 6.07) is 8.57. The van der Waals surface area contributed by atoms with Gasteiger partial charge in [-0.1, -0.05) is 30.3 Å². The number of aromatic nitrogens is 1. The first-order valence-electron chi connectivity index (χ1n) is 8.68. The lowest BCUT2D eigenvalue weighted by atomic mass is 10.00. The van der Waals surface area contributed by atoms with Crippen molar-refractivity contribution in [3.8, 4) is 0 Å². The fraction of sp³-hybridized carbons (Fsp3) is 0.474. The number of anilines is 1. The van der Waals surface area contributed by atoms with Crippen molar-refractivity contribution in [2.75, 3.05) is 24.5 Å².